The summed E-state index contributed by atoms with van der Waals surface area (Å²) >= 11 is 0. The van der Waals surface area contributed by atoms with Crippen molar-refractivity contribution in [3.05, 3.63) is 40.6 Å². The summed E-state index contributed by atoms with van der Waals surface area (Å²) in [5.41, 5.74) is 0.848. The van der Waals surface area contributed by atoms with Gasteiger partial charge in [0.1, 0.15) is 0 Å². The fourth-order valence-corrected chi connectivity index (χ4v) is 2.33. The van der Waals surface area contributed by atoms with Crippen LogP contribution in [0.3, 0.4) is 0 Å². The Hall–Kier alpha value is -1.39. The van der Waals surface area contributed by atoms with Crippen molar-refractivity contribution in [1.29, 1.82) is 0 Å². The topological polar surface area (TPSA) is 43.8 Å². The molecule has 1 heterocycles. The van der Waals surface area contributed by atoms with Gasteiger partial charge >= 0.3 is 0 Å². The van der Waals surface area contributed by atoms with Crippen molar-refractivity contribution < 1.29 is 5.11 Å². The quantitative estimate of drug-likeness (QED) is 0.848. The van der Waals surface area contributed by atoms with E-state index in [0.717, 1.165) is 31.9 Å². The van der Waals surface area contributed by atoms with Gasteiger partial charge < -0.3 is 10.0 Å². The Morgan fingerprint density at radius 2 is 1.83 bits per heavy atom. The molecule has 1 N–H and O–H groups in total. The molecule has 0 aliphatic carbocycles. The van der Waals surface area contributed by atoms with Crippen LogP contribution < -0.4 is 10.3 Å². The fourth-order valence-electron chi connectivity index (χ4n) is 2.33. The van der Waals surface area contributed by atoms with Gasteiger partial charge in [-0.2, -0.15) is 0 Å². The molecule has 18 heavy (non-hydrogen) atoms. The van der Waals surface area contributed by atoms with E-state index in [9.17, 15) is 9.90 Å². The number of aliphatic hydroxyl groups excluding tert-OH is 1. The molecule has 0 saturated carbocycles. The van der Waals surface area contributed by atoms with Crippen molar-refractivity contribution in [2.24, 2.45) is 0 Å². The van der Waals surface area contributed by atoms with Crippen molar-refractivity contribution in [2.75, 3.05) is 37.6 Å². The predicted molar refractivity (Wildman–Crippen MR) is 73.0 cm³/mol. The van der Waals surface area contributed by atoms with Gasteiger partial charge in [-0.3, -0.25) is 9.69 Å². The highest BCUT2D eigenvalue weighted by Gasteiger charge is 2.18. The van der Waals surface area contributed by atoms with Gasteiger partial charge in [0.15, 0.2) is 0 Å². The van der Waals surface area contributed by atoms with Gasteiger partial charge in [0.05, 0.1) is 11.8 Å². The molecule has 4 heteroatoms. The summed E-state index contributed by atoms with van der Waals surface area (Å²) in [6.45, 7) is 5.98. The Labute approximate surface area is 107 Å². The number of hydrogen-bond donors (Lipinski definition) is 1. The molecule has 98 valence electrons. The van der Waals surface area contributed by atoms with E-state index in [1.54, 1.807) is 19.1 Å². The molecule has 4 nitrogen and oxygen atoms in total. The van der Waals surface area contributed by atoms with Crippen LogP contribution in [0.4, 0.5) is 5.69 Å². The third kappa shape index (κ3) is 3.31. The average Bonchev–Trinajstić information content (AvgIpc) is 2.54. The van der Waals surface area contributed by atoms with Gasteiger partial charge in [0.2, 0.25) is 5.43 Å². The van der Waals surface area contributed by atoms with Crippen molar-refractivity contribution in [3.63, 3.8) is 0 Å². The van der Waals surface area contributed by atoms with Gasteiger partial charge in [-0.15, -0.1) is 0 Å². The first-order chi connectivity index (χ1) is 8.66. The molecular formula is C14H20N2O2. The monoisotopic (exact) mass is 248 g/mol. The molecule has 1 aromatic rings. The molecule has 1 aromatic carbocycles. The molecule has 1 saturated heterocycles. The molecule has 0 amide bonds. The Balaban J connectivity index is 2.02. The highest BCUT2D eigenvalue weighted by molar-refractivity contribution is 5.45. The maximum absolute atomic E-state index is 11.9. The molecule has 0 bridgehead atoms. The zero-order chi connectivity index (χ0) is 13.0. The zero-order valence-corrected chi connectivity index (χ0v) is 10.7. The van der Waals surface area contributed by atoms with Gasteiger partial charge in [0, 0.05) is 32.7 Å². The van der Waals surface area contributed by atoms with Crippen LogP contribution in [-0.2, 0) is 0 Å². The van der Waals surface area contributed by atoms with Crippen LogP contribution in [0.5, 0.6) is 0 Å². The molecular weight excluding hydrogens is 228 g/mol. The molecule has 1 aliphatic heterocycles. The Bertz CT molecular complexity index is 440. The lowest BCUT2D eigenvalue weighted by Crippen LogP contribution is -2.49. The zero-order valence-electron chi connectivity index (χ0n) is 10.7. The van der Waals surface area contributed by atoms with Crippen LogP contribution in [0.25, 0.3) is 0 Å². The summed E-state index contributed by atoms with van der Waals surface area (Å²) in [6, 6.07) is 9.03. The second-order valence-corrected chi connectivity index (χ2v) is 4.80. The van der Waals surface area contributed by atoms with Crippen LogP contribution in [0, 0.1) is 0 Å². The minimum atomic E-state index is -0.291. The molecule has 1 fully saturated rings. The largest absolute Gasteiger partial charge is 0.392 e. The first-order valence-corrected chi connectivity index (χ1v) is 6.41. The normalized spacial score (nSPS) is 18.7. The summed E-state index contributed by atoms with van der Waals surface area (Å²) in [5.74, 6) is 0. The Kier molecular flexibility index (Phi) is 4.33. The van der Waals surface area contributed by atoms with E-state index < -0.39 is 0 Å². The summed E-state index contributed by atoms with van der Waals surface area (Å²) in [6.07, 6.45) is -0.291. The van der Waals surface area contributed by atoms with Crippen molar-refractivity contribution in [3.8, 4) is 0 Å². The van der Waals surface area contributed by atoms with Crippen molar-refractivity contribution in [2.45, 2.75) is 13.0 Å². The predicted octanol–water partition coefficient (Wildman–Crippen LogP) is 0.550. The van der Waals surface area contributed by atoms with E-state index in [4.69, 9.17) is 0 Å². The number of anilines is 1. The molecule has 0 aromatic heterocycles. The van der Waals surface area contributed by atoms with Crippen LogP contribution in [0.2, 0.25) is 0 Å². The van der Waals surface area contributed by atoms with Gasteiger partial charge in [-0.05, 0) is 19.1 Å². The van der Waals surface area contributed by atoms with E-state index in [0.29, 0.717) is 6.54 Å². The van der Waals surface area contributed by atoms with E-state index in [1.807, 2.05) is 18.2 Å². The van der Waals surface area contributed by atoms with Crippen molar-refractivity contribution >= 4 is 5.69 Å². The van der Waals surface area contributed by atoms with Gasteiger partial charge in [-0.1, -0.05) is 18.2 Å². The first kappa shape index (κ1) is 13.1. The number of piperazine rings is 1. The van der Waals surface area contributed by atoms with Crippen LogP contribution in [0.1, 0.15) is 6.92 Å². The first-order valence-electron chi connectivity index (χ1n) is 6.41. The number of hydrogen-bond acceptors (Lipinski definition) is 4. The fraction of sp³-hybridized carbons (Fsp3) is 0.500. The molecule has 1 unspecified atom stereocenters. The number of β-amino-alcohol motifs (C(OH)–C–C–N with tert-alkyl or cyclic N) is 1. The highest BCUT2D eigenvalue weighted by atomic mass is 16.3. The smallest absolute Gasteiger partial charge is 0.201 e. The number of rotatable bonds is 3. The molecule has 2 rings (SSSR count). The third-order valence-electron chi connectivity index (χ3n) is 3.21. The molecule has 0 spiro atoms. The van der Waals surface area contributed by atoms with Gasteiger partial charge in [0.25, 0.3) is 0 Å². The lowest BCUT2D eigenvalue weighted by Gasteiger charge is -2.36. The minimum absolute atomic E-state index is 0.0731. The number of aliphatic hydroxyl groups is 1. The van der Waals surface area contributed by atoms with E-state index in [2.05, 4.69) is 9.80 Å². The summed E-state index contributed by atoms with van der Waals surface area (Å²) in [4.78, 5) is 16.2. The molecule has 1 aliphatic rings. The van der Waals surface area contributed by atoms with Crippen LogP contribution in [-0.4, -0.2) is 48.8 Å². The summed E-state index contributed by atoms with van der Waals surface area (Å²) in [7, 11) is 0. The van der Waals surface area contributed by atoms with Gasteiger partial charge in [-0.25, -0.2) is 0 Å². The lowest BCUT2D eigenvalue weighted by atomic mass is 10.2. The van der Waals surface area contributed by atoms with E-state index in [1.165, 1.54) is 0 Å². The van der Waals surface area contributed by atoms with Crippen LogP contribution >= 0.6 is 0 Å². The standard InChI is InChI=1S/C14H20N2O2/c1-12(17)11-15-7-9-16(10-8-15)13-5-3-2-4-6-14(13)18/h2-6,12,17H,7-11H2,1H3. The van der Waals surface area contributed by atoms with E-state index in [-0.39, 0.29) is 11.5 Å². The highest BCUT2D eigenvalue weighted by Crippen LogP contribution is 2.11. The number of nitrogens with zero attached hydrogens (tertiary/aromatic N) is 2. The maximum Gasteiger partial charge on any atom is 0.201 e. The molecule has 1 atom stereocenters. The Morgan fingerprint density at radius 1 is 1.17 bits per heavy atom. The Morgan fingerprint density at radius 3 is 2.50 bits per heavy atom. The average molecular weight is 248 g/mol. The van der Waals surface area contributed by atoms with Crippen molar-refractivity contribution in [1.82, 2.24) is 4.90 Å². The van der Waals surface area contributed by atoms with Crippen LogP contribution in [0.15, 0.2) is 35.1 Å². The lowest BCUT2D eigenvalue weighted by molar-refractivity contribution is 0.122. The maximum atomic E-state index is 11.9. The minimum Gasteiger partial charge on any atom is -0.392 e. The molecule has 0 radical (unpaired) electrons. The SMILES string of the molecule is CC(O)CN1CCN(c2cccccc2=O)CC1. The second-order valence-electron chi connectivity index (χ2n) is 4.80. The second kappa shape index (κ2) is 5.98. The summed E-state index contributed by atoms with van der Waals surface area (Å²) < 4.78 is 0. The third-order valence-corrected chi connectivity index (χ3v) is 3.21. The van der Waals surface area contributed by atoms with E-state index >= 15 is 0 Å². The summed E-state index contributed by atoms with van der Waals surface area (Å²) in [5, 5.41) is 9.36.